The quantitative estimate of drug-likeness (QED) is 0.417. The van der Waals surface area contributed by atoms with E-state index in [1.54, 1.807) is 6.07 Å². The minimum absolute atomic E-state index is 0.0379. The summed E-state index contributed by atoms with van der Waals surface area (Å²) in [5.74, 6) is -0.598. The molecule has 0 bridgehead atoms. The van der Waals surface area contributed by atoms with Crippen LogP contribution in [0.15, 0.2) is 59.5 Å². The number of rotatable bonds is 7. The van der Waals surface area contributed by atoms with Gasteiger partial charge < -0.3 is 9.79 Å². The SMILES string of the molecule is CP(=O)(O)OP(=O)(O)OCCS(=O)(=O)c1ccc2cc3ccccc3cc2c1. The Morgan fingerprint density at radius 1 is 0.893 bits per heavy atom. The van der Waals surface area contributed by atoms with E-state index in [4.69, 9.17) is 4.89 Å². The average Bonchev–Trinajstić information content (AvgIpc) is 2.56. The third-order valence-corrected chi connectivity index (χ3v) is 8.12. The van der Waals surface area contributed by atoms with Gasteiger partial charge in [0, 0.05) is 6.66 Å². The summed E-state index contributed by atoms with van der Waals surface area (Å²) < 4.78 is 56.1. The Kier molecular flexibility index (Phi) is 5.81. The van der Waals surface area contributed by atoms with Gasteiger partial charge in [-0.2, -0.15) is 0 Å². The van der Waals surface area contributed by atoms with Crippen LogP contribution in [0.4, 0.5) is 0 Å². The Balaban J connectivity index is 1.79. The molecule has 0 aliphatic heterocycles. The van der Waals surface area contributed by atoms with E-state index >= 15 is 0 Å². The van der Waals surface area contributed by atoms with Crippen LogP contribution in [-0.2, 0) is 27.8 Å². The van der Waals surface area contributed by atoms with Gasteiger partial charge >= 0.3 is 15.4 Å². The van der Waals surface area contributed by atoms with Crippen molar-refractivity contribution in [1.82, 2.24) is 0 Å². The largest absolute Gasteiger partial charge is 0.479 e. The van der Waals surface area contributed by atoms with E-state index in [-0.39, 0.29) is 4.90 Å². The van der Waals surface area contributed by atoms with Gasteiger partial charge in [0.1, 0.15) is 0 Å². The van der Waals surface area contributed by atoms with Gasteiger partial charge in [0.25, 0.3) is 0 Å². The summed E-state index contributed by atoms with van der Waals surface area (Å²) in [7, 11) is -12.9. The first-order valence-corrected chi connectivity index (χ1v) is 13.3. The van der Waals surface area contributed by atoms with Crippen LogP contribution in [0.2, 0.25) is 0 Å². The van der Waals surface area contributed by atoms with E-state index in [1.165, 1.54) is 12.1 Å². The molecule has 3 rings (SSSR count). The van der Waals surface area contributed by atoms with Crippen LogP contribution < -0.4 is 0 Å². The van der Waals surface area contributed by atoms with Gasteiger partial charge in [0.05, 0.1) is 17.3 Å². The number of phosphoric acid groups is 1. The summed E-state index contributed by atoms with van der Waals surface area (Å²) in [6.45, 7) is 0.0423. The van der Waals surface area contributed by atoms with Gasteiger partial charge in [-0.1, -0.05) is 30.3 Å². The molecule has 2 unspecified atom stereocenters. The molecule has 0 aliphatic carbocycles. The molecule has 0 spiro atoms. The summed E-state index contributed by atoms with van der Waals surface area (Å²) in [6, 6.07) is 16.2. The molecule has 0 amide bonds. The zero-order valence-corrected chi connectivity index (χ0v) is 17.4. The van der Waals surface area contributed by atoms with Gasteiger partial charge in [-0.25, -0.2) is 17.3 Å². The Morgan fingerprint density at radius 2 is 1.46 bits per heavy atom. The van der Waals surface area contributed by atoms with Crippen molar-refractivity contribution < 1.29 is 36.2 Å². The van der Waals surface area contributed by atoms with Gasteiger partial charge in [-0.05, 0) is 45.8 Å². The van der Waals surface area contributed by atoms with E-state index in [0.29, 0.717) is 0 Å². The highest BCUT2D eigenvalue weighted by molar-refractivity contribution is 7.91. The van der Waals surface area contributed by atoms with Crippen molar-refractivity contribution >= 4 is 46.8 Å². The lowest BCUT2D eigenvalue weighted by Crippen LogP contribution is -2.12. The van der Waals surface area contributed by atoms with Crippen LogP contribution >= 0.6 is 15.4 Å². The van der Waals surface area contributed by atoms with Crippen LogP contribution in [0, 0.1) is 0 Å². The van der Waals surface area contributed by atoms with E-state index in [0.717, 1.165) is 28.2 Å². The zero-order valence-electron chi connectivity index (χ0n) is 14.8. The highest BCUT2D eigenvalue weighted by Crippen LogP contribution is 2.57. The maximum atomic E-state index is 12.5. The van der Waals surface area contributed by atoms with E-state index < -0.39 is 37.6 Å². The molecule has 150 valence electrons. The fraction of sp³-hybridized carbons (Fsp3) is 0.176. The number of benzene rings is 3. The highest BCUT2D eigenvalue weighted by atomic mass is 32.2. The normalized spacial score (nSPS) is 16.7. The number of phosphoric ester groups is 1. The lowest BCUT2D eigenvalue weighted by Gasteiger charge is -2.13. The Bertz CT molecular complexity index is 1230. The molecule has 0 saturated heterocycles. The molecule has 8 nitrogen and oxygen atoms in total. The number of hydrogen-bond donors (Lipinski definition) is 2. The van der Waals surface area contributed by atoms with Crippen molar-refractivity contribution in [3.05, 3.63) is 54.6 Å². The lowest BCUT2D eigenvalue weighted by molar-refractivity contribution is 0.206. The number of fused-ring (bicyclic) bond motifs is 2. The Labute approximate surface area is 161 Å². The summed E-state index contributed by atoms with van der Waals surface area (Å²) in [4.78, 5) is 18.4. The molecule has 3 aromatic rings. The van der Waals surface area contributed by atoms with Crippen LogP contribution in [0.3, 0.4) is 0 Å². The minimum Gasteiger partial charge on any atom is -0.324 e. The van der Waals surface area contributed by atoms with Crippen molar-refractivity contribution in [2.24, 2.45) is 0 Å². The molecule has 0 heterocycles. The van der Waals surface area contributed by atoms with E-state index in [2.05, 4.69) is 8.83 Å². The predicted molar refractivity (Wildman–Crippen MR) is 106 cm³/mol. The Hall–Kier alpha value is -1.57. The first-order valence-electron chi connectivity index (χ1n) is 8.09. The molecule has 0 aromatic heterocycles. The molecule has 11 heteroatoms. The van der Waals surface area contributed by atoms with Crippen molar-refractivity contribution in [2.75, 3.05) is 19.0 Å². The van der Waals surface area contributed by atoms with E-state index in [9.17, 15) is 22.4 Å². The maximum absolute atomic E-state index is 12.5. The highest BCUT2D eigenvalue weighted by Gasteiger charge is 2.30. The van der Waals surface area contributed by atoms with Gasteiger partial charge in [0.2, 0.25) is 0 Å². The molecular formula is C17H18O8P2S. The predicted octanol–water partition coefficient (Wildman–Crippen LogP) is 3.72. The molecule has 2 atom stereocenters. The standard InChI is InChI=1S/C17H18O8P2S/c1-26(18,19)25-27(20,21)24-8-9-28(22,23)17-7-6-15-10-13-4-2-3-5-14(13)11-16(15)12-17/h2-7,10-12H,8-9H2,1H3,(H,18,19)(H,20,21). The number of sulfone groups is 1. The fourth-order valence-electron chi connectivity index (χ4n) is 2.71. The first kappa shape index (κ1) is 21.1. The van der Waals surface area contributed by atoms with Crippen molar-refractivity contribution in [3.8, 4) is 0 Å². The first-order chi connectivity index (χ1) is 13.0. The average molecular weight is 444 g/mol. The summed E-state index contributed by atoms with van der Waals surface area (Å²) in [5.41, 5.74) is 0. The van der Waals surface area contributed by atoms with Crippen LogP contribution in [0.5, 0.6) is 0 Å². The third kappa shape index (κ3) is 5.27. The second kappa shape index (κ2) is 7.69. The molecule has 28 heavy (non-hydrogen) atoms. The molecule has 0 radical (unpaired) electrons. The summed E-state index contributed by atoms with van der Waals surface area (Å²) in [6.07, 6.45) is 0. The smallest absolute Gasteiger partial charge is 0.324 e. The van der Waals surface area contributed by atoms with Gasteiger partial charge in [0.15, 0.2) is 9.84 Å². The van der Waals surface area contributed by atoms with E-state index in [1.807, 2.05) is 36.4 Å². The summed E-state index contributed by atoms with van der Waals surface area (Å²) in [5, 5.41) is 3.63. The minimum atomic E-state index is -4.84. The van der Waals surface area contributed by atoms with Gasteiger partial charge in [-0.15, -0.1) is 0 Å². The Morgan fingerprint density at radius 3 is 2.07 bits per heavy atom. The molecule has 0 aliphatic rings. The summed E-state index contributed by atoms with van der Waals surface area (Å²) >= 11 is 0. The molecule has 2 N–H and O–H groups in total. The monoisotopic (exact) mass is 444 g/mol. The molecule has 0 saturated carbocycles. The second-order valence-corrected chi connectivity index (χ2v) is 11.8. The third-order valence-electron chi connectivity index (χ3n) is 3.90. The fourth-order valence-corrected chi connectivity index (χ4v) is 5.99. The zero-order chi connectivity index (χ0) is 20.6. The van der Waals surface area contributed by atoms with Crippen molar-refractivity contribution in [1.29, 1.82) is 0 Å². The lowest BCUT2D eigenvalue weighted by atomic mass is 10.0. The molecule has 0 fully saturated rings. The van der Waals surface area contributed by atoms with Crippen LogP contribution in [-0.4, -0.2) is 37.2 Å². The number of hydrogen-bond acceptors (Lipinski definition) is 6. The molecular weight excluding hydrogens is 426 g/mol. The van der Waals surface area contributed by atoms with Gasteiger partial charge in [-0.3, -0.25) is 9.09 Å². The van der Waals surface area contributed by atoms with Crippen molar-refractivity contribution in [3.63, 3.8) is 0 Å². The molecule has 3 aromatic carbocycles. The van der Waals surface area contributed by atoms with Crippen molar-refractivity contribution in [2.45, 2.75) is 4.90 Å². The van der Waals surface area contributed by atoms with Crippen LogP contribution in [0.1, 0.15) is 0 Å². The van der Waals surface area contributed by atoms with Crippen LogP contribution in [0.25, 0.3) is 21.5 Å². The topological polar surface area (TPSA) is 127 Å². The maximum Gasteiger partial charge on any atom is 0.479 e. The second-order valence-electron chi connectivity index (χ2n) is 6.21.